The van der Waals surface area contributed by atoms with E-state index in [-0.39, 0.29) is 5.78 Å². The highest BCUT2D eigenvalue weighted by atomic mass is 16.5. The molecule has 118 valence electrons. The van der Waals surface area contributed by atoms with Crippen LogP contribution < -0.4 is 5.32 Å². The van der Waals surface area contributed by atoms with E-state index in [0.717, 1.165) is 12.1 Å². The fraction of sp³-hybridized carbons (Fsp3) is 0.529. The van der Waals surface area contributed by atoms with E-state index >= 15 is 0 Å². The second-order valence-corrected chi connectivity index (χ2v) is 4.73. The van der Waals surface area contributed by atoms with Gasteiger partial charge < -0.3 is 10.1 Å². The zero-order valence-electron chi connectivity index (χ0n) is 13.7. The first-order valence-electron chi connectivity index (χ1n) is 7.40. The largest absolute Gasteiger partial charge is 0.464 e. The predicted molar refractivity (Wildman–Crippen MR) is 85.7 cm³/mol. The molecule has 4 heteroatoms. The van der Waals surface area contributed by atoms with E-state index in [0.29, 0.717) is 6.61 Å². The van der Waals surface area contributed by atoms with Gasteiger partial charge in [0.1, 0.15) is 11.8 Å². The van der Waals surface area contributed by atoms with Gasteiger partial charge in [-0.3, -0.25) is 4.79 Å². The molecule has 0 aromatic carbocycles. The molecule has 0 aromatic rings. The molecule has 0 saturated carbocycles. The van der Waals surface area contributed by atoms with Crippen LogP contribution in [0.2, 0.25) is 0 Å². The Morgan fingerprint density at radius 3 is 2.38 bits per heavy atom. The standard InChI is InChI=1S/C17H27NO3/c1-6-9-10-12-15(11-7-2)18-16(13(4)14(5)19)17(20)21-8-3/h6,9-13,16,18H,7-8H2,1-5H3/b9-6-,12-10-,15-11+/t13-,16+/m0/s1. The minimum atomic E-state index is -0.671. The summed E-state index contributed by atoms with van der Waals surface area (Å²) in [5.74, 6) is -0.894. The van der Waals surface area contributed by atoms with Crippen molar-refractivity contribution in [2.24, 2.45) is 5.92 Å². The van der Waals surface area contributed by atoms with Crippen molar-refractivity contribution in [3.8, 4) is 0 Å². The van der Waals surface area contributed by atoms with Crippen LogP contribution in [-0.4, -0.2) is 24.4 Å². The molecular weight excluding hydrogens is 266 g/mol. The lowest BCUT2D eigenvalue weighted by Gasteiger charge is -2.23. The maximum absolute atomic E-state index is 12.1. The smallest absolute Gasteiger partial charge is 0.329 e. The number of Topliss-reactive ketones (excluding diaryl/α,β-unsaturated/α-hetero) is 1. The van der Waals surface area contributed by atoms with E-state index in [1.165, 1.54) is 6.92 Å². The van der Waals surface area contributed by atoms with Crippen LogP contribution in [0.1, 0.15) is 41.0 Å². The molecule has 0 aliphatic carbocycles. The number of esters is 1. The third kappa shape index (κ3) is 7.49. The van der Waals surface area contributed by atoms with Crippen LogP contribution in [0.5, 0.6) is 0 Å². The Kier molecular flexibility index (Phi) is 9.94. The maximum atomic E-state index is 12.1. The summed E-state index contributed by atoms with van der Waals surface area (Å²) in [6.07, 6.45) is 10.4. The van der Waals surface area contributed by atoms with Crippen LogP contribution in [-0.2, 0) is 14.3 Å². The Hall–Kier alpha value is -1.84. The summed E-state index contributed by atoms with van der Waals surface area (Å²) < 4.78 is 5.06. The highest BCUT2D eigenvalue weighted by Crippen LogP contribution is 2.10. The van der Waals surface area contributed by atoms with Gasteiger partial charge in [-0.2, -0.15) is 0 Å². The van der Waals surface area contributed by atoms with Gasteiger partial charge in [0, 0.05) is 11.6 Å². The van der Waals surface area contributed by atoms with Gasteiger partial charge in [0.15, 0.2) is 0 Å². The van der Waals surface area contributed by atoms with Crippen LogP contribution in [0.4, 0.5) is 0 Å². The van der Waals surface area contributed by atoms with E-state index in [9.17, 15) is 9.59 Å². The van der Waals surface area contributed by atoms with Gasteiger partial charge in [0.25, 0.3) is 0 Å². The molecule has 21 heavy (non-hydrogen) atoms. The molecule has 0 fully saturated rings. The van der Waals surface area contributed by atoms with Gasteiger partial charge in [-0.25, -0.2) is 4.79 Å². The number of rotatable bonds is 9. The lowest BCUT2D eigenvalue weighted by Crippen LogP contribution is -2.44. The molecule has 0 unspecified atom stereocenters. The van der Waals surface area contributed by atoms with Gasteiger partial charge >= 0.3 is 5.97 Å². The minimum absolute atomic E-state index is 0.0474. The number of hydrogen-bond donors (Lipinski definition) is 1. The first-order valence-corrected chi connectivity index (χ1v) is 7.40. The number of hydrogen-bond acceptors (Lipinski definition) is 4. The molecule has 0 bridgehead atoms. The van der Waals surface area contributed by atoms with Crippen molar-refractivity contribution in [3.63, 3.8) is 0 Å². The second kappa shape index (κ2) is 10.9. The number of nitrogens with one attached hydrogen (secondary N) is 1. The molecular formula is C17H27NO3. The Labute approximate surface area is 127 Å². The Balaban J connectivity index is 5.18. The van der Waals surface area contributed by atoms with Crippen LogP contribution in [0.3, 0.4) is 0 Å². The lowest BCUT2D eigenvalue weighted by molar-refractivity contribution is -0.148. The molecule has 4 nitrogen and oxygen atoms in total. The SMILES string of the molecule is C\C=C/C=C\C(=C/CC)N[C@@H](C(=O)OCC)[C@@H](C)C(C)=O. The van der Waals surface area contributed by atoms with E-state index < -0.39 is 17.9 Å². The van der Waals surface area contributed by atoms with E-state index in [2.05, 4.69) is 5.32 Å². The monoisotopic (exact) mass is 293 g/mol. The highest BCUT2D eigenvalue weighted by molar-refractivity contribution is 5.87. The molecule has 0 aromatic heterocycles. The summed E-state index contributed by atoms with van der Waals surface area (Å²) in [6.45, 7) is 9.21. The number of allylic oxidation sites excluding steroid dienone is 5. The summed E-state index contributed by atoms with van der Waals surface area (Å²) in [6, 6.07) is -0.671. The van der Waals surface area contributed by atoms with Crippen molar-refractivity contribution in [1.82, 2.24) is 5.32 Å². The molecule has 0 rings (SSSR count). The van der Waals surface area contributed by atoms with Crippen molar-refractivity contribution in [2.45, 2.75) is 47.1 Å². The lowest BCUT2D eigenvalue weighted by atomic mass is 9.97. The predicted octanol–water partition coefficient (Wildman–Crippen LogP) is 3.16. The molecule has 0 aliphatic heterocycles. The maximum Gasteiger partial charge on any atom is 0.329 e. The van der Waals surface area contributed by atoms with Crippen LogP contribution in [0.25, 0.3) is 0 Å². The molecule has 0 radical (unpaired) electrons. The third-order valence-corrected chi connectivity index (χ3v) is 3.01. The minimum Gasteiger partial charge on any atom is -0.464 e. The molecule has 0 amide bonds. The zero-order chi connectivity index (χ0) is 16.3. The van der Waals surface area contributed by atoms with Crippen molar-refractivity contribution in [2.75, 3.05) is 6.61 Å². The van der Waals surface area contributed by atoms with Crippen molar-refractivity contribution in [1.29, 1.82) is 0 Å². The number of carbonyl (C=O) groups excluding carboxylic acids is 2. The highest BCUT2D eigenvalue weighted by Gasteiger charge is 2.29. The van der Waals surface area contributed by atoms with Crippen LogP contribution in [0.15, 0.2) is 36.1 Å². The summed E-state index contributed by atoms with van der Waals surface area (Å²) >= 11 is 0. The van der Waals surface area contributed by atoms with E-state index in [4.69, 9.17) is 4.74 Å². The molecule has 0 aliphatic rings. The average Bonchev–Trinajstić information content (AvgIpc) is 2.44. The average molecular weight is 293 g/mol. The van der Waals surface area contributed by atoms with Gasteiger partial charge in [0.2, 0.25) is 0 Å². The summed E-state index contributed by atoms with van der Waals surface area (Å²) in [5, 5.41) is 3.12. The summed E-state index contributed by atoms with van der Waals surface area (Å²) in [5.41, 5.74) is 0.807. The van der Waals surface area contributed by atoms with E-state index in [1.54, 1.807) is 13.8 Å². The van der Waals surface area contributed by atoms with Gasteiger partial charge in [-0.05, 0) is 33.3 Å². The van der Waals surface area contributed by atoms with Crippen molar-refractivity contribution in [3.05, 3.63) is 36.1 Å². The number of ketones is 1. The van der Waals surface area contributed by atoms with Gasteiger partial charge in [0.05, 0.1) is 6.61 Å². The first-order chi connectivity index (χ1) is 9.97. The number of ether oxygens (including phenoxy) is 1. The van der Waals surface area contributed by atoms with Gasteiger partial charge in [-0.15, -0.1) is 0 Å². The molecule has 2 atom stereocenters. The zero-order valence-corrected chi connectivity index (χ0v) is 13.7. The van der Waals surface area contributed by atoms with Crippen LogP contribution >= 0.6 is 0 Å². The molecule has 0 heterocycles. The summed E-state index contributed by atoms with van der Waals surface area (Å²) in [7, 11) is 0. The fourth-order valence-electron chi connectivity index (χ4n) is 1.70. The van der Waals surface area contributed by atoms with Crippen molar-refractivity contribution < 1.29 is 14.3 Å². The van der Waals surface area contributed by atoms with Crippen molar-refractivity contribution >= 4 is 11.8 Å². The Morgan fingerprint density at radius 2 is 1.90 bits per heavy atom. The first kappa shape index (κ1) is 19.2. The summed E-state index contributed by atoms with van der Waals surface area (Å²) in [4.78, 5) is 23.7. The second-order valence-electron chi connectivity index (χ2n) is 4.73. The molecule has 0 saturated heterocycles. The number of carbonyl (C=O) groups is 2. The van der Waals surface area contributed by atoms with Crippen LogP contribution in [0, 0.1) is 5.92 Å². The Bertz CT molecular complexity index is 422. The van der Waals surface area contributed by atoms with E-state index in [1.807, 2.05) is 44.2 Å². The normalized spacial score (nSPS) is 15.2. The molecule has 0 spiro atoms. The topological polar surface area (TPSA) is 55.4 Å². The Morgan fingerprint density at radius 1 is 1.24 bits per heavy atom. The molecule has 1 N–H and O–H groups in total. The third-order valence-electron chi connectivity index (χ3n) is 3.01. The quantitative estimate of drug-likeness (QED) is 0.524. The fourth-order valence-corrected chi connectivity index (χ4v) is 1.70. The van der Waals surface area contributed by atoms with Gasteiger partial charge in [-0.1, -0.05) is 38.2 Å².